The van der Waals surface area contributed by atoms with Crippen LogP contribution in [-0.4, -0.2) is 31.9 Å². The van der Waals surface area contributed by atoms with E-state index in [1.807, 2.05) is 0 Å². The maximum Gasteiger partial charge on any atom is 0.309 e. The zero-order chi connectivity index (χ0) is 13.1. The van der Waals surface area contributed by atoms with Crippen LogP contribution in [0.25, 0.3) is 0 Å². The van der Waals surface area contributed by atoms with Gasteiger partial charge in [0.05, 0.1) is 26.2 Å². The minimum absolute atomic E-state index is 0.438. The molecule has 0 amide bonds. The highest BCUT2D eigenvalue weighted by molar-refractivity contribution is 5.71. The Morgan fingerprint density at radius 3 is 2.39 bits per heavy atom. The molecule has 0 bridgehead atoms. The summed E-state index contributed by atoms with van der Waals surface area (Å²) in [5, 5.41) is 9.16. The lowest BCUT2D eigenvalue weighted by molar-refractivity contribution is -0.143. The Kier molecular flexibility index (Phi) is 3.72. The molecule has 1 aromatic rings. The van der Waals surface area contributed by atoms with Gasteiger partial charge in [0, 0.05) is 12.7 Å². The Morgan fingerprint density at radius 2 is 1.89 bits per heavy atom. The van der Waals surface area contributed by atoms with Gasteiger partial charge < -0.3 is 19.3 Å². The Morgan fingerprint density at radius 1 is 1.28 bits per heavy atom. The third-order valence-electron chi connectivity index (χ3n) is 3.11. The molecule has 1 aromatic carbocycles. The third-order valence-corrected chi connectivity index (χ3v) is 3.11. The van der Waals surface area contributed by atoms with E-state index in [9.17, 15) is 4.79 Å². The zero-order valence-electron chi connectivity index (χ0n) is 10.4. The van der Waals surface area contributed by atoms with Crippen molar-refractivity contribution in [2.24, 2.45) is 5.92 Å². The topological polar surface area (TPSA) is 65.0 Å². The minimum atomic E-state index is -0.834. The molecule has 1 aliphatic rings. The van der Waals surface area contributed by atoms with Crippen LogP contribution in [0.5, 0.6) is 11.5 Å². The molecule has 1 heterocycles. The first-order valence-electron chi connectivity index (χ1n) is 5.73. The quantitative estimate of drug-likeness (QED) is 0.886. The van der Waals surface area contributed by atoms with Crippen molar-refractivity contribution in [1.29, 1.82) is 0 Å². The van der Waals surface area contributed by atoms with E-state index in [0.717, 1.165) is 5.56 Å². The zero-order valence-corrected chi connectivity index (χ0v) is 10.4. The second kappa shape index (κ2) is 5.27. The summed E-state index contributed by atoms with van der Waals surface area (Å²) in [5.41, 5.74) is 0.774. The Bertz CT molecular complexity index is 421. The Labute approximate surface area is 105 Å². The van der Waals surface area contributed by atoms with Gasteiger partial charge in [-0.2, -0.15) is 0 Å². The highest BCUT2D eigenvalue weighted by Gasteiger charge is 2.35. The molecule has 1 aliphatic heterocycles. The maximum atomic E-state index is 11.2. The van der Waals surface area contributed by atoms with Gasteiger partial charge in [0.1, 0.15) is 11.5 Å². The molecule has 1 saturated heterocycles. The van der Waals surface area contributed by atoms with Crippen LogP contribution in [0.4, 0.5) is 0 Å². The van der Waals surface area contributed by atoms with Crippen LogP contribution in [0.2, 0.25) is 0 Å². The summed E-state index contributed by atoms with van der Waals surface area (Å²) in [4.78, 5) is 11.2. The fourth-order valence-electron chi connectivity index (χ4n) is 2.16. The number of carboxylic acid groups (broad SMARTS) is 1. The van der Waals surface area contributed by atoms with E-state index in [-0.39, 0.29) is 0 Å². The highest BCUT2D eigenvalue weighted by atomic mass is 16.5. The van der Waals surface area contributed by atoms with Crippen LogP contribution in [-0.2, 0) is 9.53 Å². The van der Waals surface area contributed by atoms with Crippen molar-refractivity contribution in [1.82, 2.24) is 0 Å². The monoisotopic (exact) mass is 252 g/mol. The van der Waals surface area contributed by atoms with E-state index in [2.05, 4.69) is 0 Å². The Hall–Kier alpha value is -1.75. The van der Waals surface area contributed by atoms with Crippen LogP contribution in [0.3, 0.4) is 0 Å². The summed E-state index contributed by atoms with van der Waals surface area (Å²) in [7, 11) is 3.12. The van der Waals surface area contributed by atoms with E-state index >= 15 is 0 Å². The predicted octanol–water partition coefficient (Wildman–Crippen LogP) is 1.87. The average molecular weight is 252 g/mol. The van der Waals surface area contributed by atoms with E-state index in [4.69, 9.17) is 19.3 Å². The van der Waals surface area contributed by atoms with Gasteiger partial charge in [-0.1, -0.05) is 0 Å². The van der Waals surface area contributed by atoms with Crippen molar-refractivity contribution in [2.45, 2.75) is 12.5 Å². The van der Waals surface area contributed by atoms with Crippen molar-refractivity contribution in [2.75, 3.05) is 20.8 Å². The third kappa shape index (κ3) is 2.41. The lowest BCUT2D eigenvalue weighted by Gasteiger charge is -2.17. The first-order valence-corrected chi connectivity index (χ1v) is 5.73. The average Bonchev–Trinajstić information content (AvgIpc) is 2.87. The number of hydrogen-bond acceptors (Lipinski definition) is 4. The molecule has 0 spiro atoms. The van der Waals surface area contributed by atoms with Crippen LogP contribution in [0.1, 0.15) is 18.1 Å². The molecular formula is C13H16O5. The predicted molar refractivity (Wildman–Crippen MR) is 64.0 cm³/mol. The van der Waals surface area contributed by atoms with Gasteiger partial charge in [-0.25, -0.2) is 0 Å². The first-order chi connectivity index (χ1) is 8.65. The normalized spacial score (nSPS) is 22.8. The SMILES string of the molecule is COc1cc(OC)cc(C2OCCC2C(=O)O)c1. The molecule has 0 aromatic heterocycles. The van der Waals surface area contributed by atoms with E-state index in [0.29, 0.717) is 24.5 Å². The number of rotatable bonds is 4. The largest absolute Gasteiger partial charge is 0.497 e. The number of hydrogen-bond donors (Lipinski definition) is 1. The molecule has 5 heteroatoms. The van der Waals surface area contributed by atoms with Crippen LogP contribution >= 0.6 is 0 Å². The molecule has 98 valence electrons. The van der Waals surface area contributed by atoms with Gasteiger partial charge in [0.25, 0.3) is 0 Å². The number of ether oxygens (including phenoxy) is 3. The molecule has 2 unspecified atom stereocenters. The summed E-state index contributed by atoms with van der Waals surface area (Å²) in [6, 6.07) is 5.32. The van der Waals surface area contributed by atoms with Gasteiger partial charge in [-0.3, -0.25) is 4.79 Å². The summed E-state index contributed by atoms with van der Waals surface area (Å²) < 4.78 is 15.9. The summed E-state index contributed by atoms with van der Waals surface area (Å²) >= 11 is 0. The molecule has 0 saturated carbocycles. The molecule has 1 N–H and O–H groups in total. The molecule has 2 rings (SSSR count). The fraction of sp³-hybridized carbons (Fsp3) is 0.462. The molecule has 1 fully saturated rings. The molecule has 0 radical (unpaired) electrons. The van der Waals surface area contributed by atoms with Gasteiger partial charge in [0.2, 0.25) is 0 Å². The summed E-state index contributed by atoms with van der Waals surface area (Å²) in [6.45, 7) is 0.459. The number of carboxylic acids is 1. The highest BCUT2D eigenvalue weighted by Crippen LogP contribution is 2.37. The van der Waals surface area contributed by atoms with Gasteiger partial charge in [-0.15, -0.1) is 0 Å². The van der Waals surface area contributed by atoms with Crippen molar-refractivity contribution in [3.05, 3.63) is 23.8 Å². The van der Waals surface area contributed by atoms with Crippen LogP contribution in [0.15, 0.2) is 18.2 Å². The van der Waals surface area contributed by atoms with Crippen molar-refractivity contribution < 1.29 is 24.1 Å². The number of aliphatic carboxylic acids is 1. The summed E-state index contributed by atoms with van der Waals surface area (Å²) in [6.07, 6.45) is 0.0889. The standard InChI is InChI=1S/C13H16O5/c1-16-9-5-8(6-10(7-9)17-2)12-11(13(14)15)3-4-18-12/h5-7,11-12H,3-4H2,1-2H3,(H,14,15). The minimum Gasteiger partial charge on any atom is -0.497 e. The summed E-state index contributed by atoms with van der Waals surface area (Å²) in [5.74, 6) is -0.0888. The maximum absolute atomic E-state index is 11.2. The fourth-order valence-corrected chi connectivity index (χ4v) is 2.16. The molecule has 2 atom stereocenters. The van der Waals surface area contributed by atoms with E-state index in [1.54, 1.807) is 32.4 Å². The lowest BCUT2D eigenvalue weighted by atomic mass is 9.95. The van der Waals surface area contributed by atoms with Crippen LogP contribution in [0, 0.1) is 5.92 Å². The second-order valence-corrected chi connectivity index (χ2v) is 4.17. The lowest BCUT2D eigenvalue weighted by Crippen LogP contribution is -2.17. The van der Waals surface area contributed by atoms with Crippen LogP contribution < -0.4 is 9.47 Å². The molecule has 0 aliphatic carbocycles. The number of carbonyl (C=O) groups is 1. The van der Waals surface area contributed by atoms with E-state index in [1.165, 1.54) is 0 Å². The van der Waals surface area contributed by atoms with Gasteiger partial charge in [0.15, 0.2) is 0 Å². The van der Waals surface area contributed by atoms with Crippen molar-refractivity contribution in [3.8, 4) is 11.5 Å². The van der Waals surface area contributed by atoms with E-state index < -0.39 is 18.0 Å². The molecule has 18 heavy (non-hydrogen) atoms. The molecular weight excluding hydrogens is 236 g/mol. The van der Waals surface area contributed by atoms with Crippen molar-refractivity contribution >= 4 is 5.97 Å². The Balaban J connectivity index is 2.34. The van der Waals surface area contributed by atoms with Gasteiger partial charge in [-0.05, 0) is 24.1 Å². The number of methoxy groups -OCH3 is 2. The smallest absolute Gasteiger partial charge is 0.309 e. The molecule has 5 nitrogen and oxygen atoms in total. The van der Waals surface area contributed by atoms with Gasteiger partial charge >= 0.3 is 5.97 Å². The van der Waals surface area contributed by atoms with Crippen molar-refractivity contribution in [3.63, 3.8) is 0 Å². The second-order valence-electron chi connectivity index (χ2n) is 4.17. The first kappa shape index (κ1) is 12.7. The number of benzene rings is 1.